The third-order valence-electron chi connectivity index (χ3n) is 4.93. The van der Waals surface area contributed by atoms with Crippen molar-refractivity contribution in [3.8, 4) is 11.4 Å². The largest absolute Gasteiger partial charge is 0.352 e. The predicted molar refractivity (Wildman–Crippen MR) is 104 cm³/mol. The van der Waals surface area contributed by atoms with Crippen molar-refractivity contribution >= 4 is 11.8 Å². The normalized spacial score (nSPS) is 16.9. The summed E-state index contributed by atoms with van der Waals surface area (Å²) in [5, 5.41) is 3.00. The third kappa shape index (κ3) is 4.74. The Kier molecular flexibility index (Phi) is 6.24. The maximum absolute atomic E-state index is 12.7. The molecule has 3 rings (SSSR count). The van der Waals surface area contributed by atoms with Crippen molar-refractivity contribution in [2.24, 2.45) is 0 Å². The van der Waals surface area contributed by atoms with Crippen molar-refractivity contribution in [1.82, 2.24) is 25.1 Å². The van der Waals surface area contributed by atoms with Crippen LogP contribution in [0.2, 0.25) is 0 Å². The molecule has 0 saturated carbocycles. The summed E-state index contributed by atoms with van der Waals surface area (Å²) in [5.41, 5.74) is 1.38. The Balaban J connectivity index is 1.56. The Labute approximate surface area is 159 Å². The molecule has 1 saturated heterocycles. The Morgan fingerprint density at radius 2 is 2.19 bits per heavy atom. The summed E-state index contributed by atoms with van der Waals surface area (Å²) >= 11 is 0. The zero-order valence-corrected chi connectivity index (χ0v) is 15.9. The van der Waals surface area contributed by atoms with Crippen LogP contribution in [0.5, 0.6) is 0 Å². The molecule has 7 nitrogen and oxygen atoms in total. The van der Waals surface area contributed by atoms with Gasteiger partial charge in [-0.05, 0) is 33.0 Å². The molecular weight excluding hydrogens is 342 g/mol. The molecule has 2 heterocycles. The van der Waals surface area contributed by atoms with Crippen LogP contribution >= 0.6 is 0 Å². The molecule has 0 radical (unpaired) electrons. The number of aromatic amines is 1. The van der Waals surface area contributed by atoms with Crippen LogP contribution in [-0.2, 0) is 4.79 Å². The van der Waals surface area contributed by atoms with Gasteiger partial charge in [-0.15, -0.1) is 0 Å². The van der Waals surface area contributed by atoms with Gasteiger partial charge in [0.2, 0.25) is 5.91 Å². The highest BCUT2D eigenvalue weighted by atomic mass is 16.2. The van der Waals surface area contributed by atoms with Crippen LogP contribution in [0.3, 0.4) is 0 Å². The van der Waals surface area contributed by atoms with Gasteiger partial charge in [-0.1, -0.05) is 18.2 Å². The number of hydrogen-bond donors (Lipinski definition) is 2. The molecule has 27 heavy (non-hydrogen) atoms. The first-order chi connectivity index (χ1) is 13.1. The fourth-order valence-electron chi connectivity index (χ4n) is 3.46. The van der Waals surface area contributed by atoms with Crippen LogP contribution in [-0.4, -0.2) is 71.4 Å². The number of likely N-dealkylation sites (N-methyl/N-ethyl adjacent to an activating group) is 1. The van der Waals surface area contributed by atoms with E-state index >= 15 is 0 Å². The Morgan fingerprint density at radius 3 is 2.93 bits per heavy atom. The number of benzene rings is 1. The SMILES string of the molecule is CN(C)CCN1C(=O)CCC1CCNC(=O)c1ccccc1-c1ncc[nH]1. The molecule has 144 valence electrons. The molecule has 0 aliphatic carbocycles. The van der Waals surface area contributed by atoms with Crippen LogP contribution in [0.1, 0.15) is 29.6 Å². The number of H-pyrrole nitrogens is 1. The quantitative estimate of drug-likeness (QED) is 0.743. The number of rotatable bonds is 8. The molecule has 1 aromatic heterocycles. The highest BCUT2D eigenvalue weighted by molar-refractivity contribution is 6.00. The number of hydrogen-bond acceptors (Lipinski definition) is 4. The van der Waals surface area contributed by atoms with Gasteiger partial charge in [-0.2, -0.15) is 0 Å². The first-order valence-corrected chi connectivity index (χ1v) is 9.37. The number of nitrogens with one attached hydrogen (secondary N) is 2. The van der Waals surface area contributed by atoms with E-state index in [0.717, 1.165) is 31.5 Å². The second-order valence-electron chi connectivity index (χ2n) is 7.11. The van der Waals surface area contributed by atoms with E-state index in [1.807, 2.05) is 37.2 Å². The van der Waals surface area contributed by atoms with E-state index in [4.69, 9.17) is 0 Å². The minimum Gasteiger partial charge on any atom is -0.352 e. The lowest BCUT2D eigenvalue weighted by molar-refractivity contribution is -0.129. The molecule has 1 aliphatic heterocycles. The van der Waals surface area contributed by atoms with Gasteiger partial charge >= 0.3 is 0 Å². The molecule has 2 aromatic rings. The monoisotopic (exact) mass is 369 g/mol. The fraction of sp³-hybridized carbons (Fsp3) is 0.450. The molecule has 1 aliphatic rings. The van der Waals surface area contributed by atoms with Crippen molar-refractivity contribution in [3.63, 3.8) is 0 Å². The molecule has 1 fully saturated rings. The average Bonchev–Trinajstić information content (AvgIpc) is 3.30. The second-order valence-corrected chi connectivity index (χ2v) is 7.11. The van der Waals surface area contributed by atoms with Gasteiger partial charge in [-0.3, -0.25) is 9.59 Å². The molecule has 0 bridgehead atoms. The molecule has 2 N–H and O–H groups in total. The first-order valence-electron chi connectivity index (χ1n) is 9.37. The Bertz CT molecular complexity index is 772. The minimum absolute atomic E-state index is 0.119. The molecule has 0 spiro atoms. The fourth-order valence-corrected chi connectivity index (χ4v) is 3.46. The Morgan fingerprint density at radius 1 is 1.37 bits per heavy atom. The molecule has 1 aromatic carbocycles. The summed E-state index contributed by atoms with van der Waals surface area (Å²) in [6, 6.07) is 7.63. The van der Waals surface area contributed by atoms with E-state index in [2.05, 4.69) is 20.2 Å². The number of likely N-dealkylation sites (tertiary alicyclic amines) is 1. The van der Waals surface area contributed by atoms with Crippen LogP contribution in [0.15, 0.2) is 36.7 Å². The highest BCUT2D eigenvalue weighted by Crippen LogP contribution is 2.22. The topological polar surface area (TPSA) is 81.3 Å². The molecule has 2 amide bonds. The van der Waals surface area contributed by atoms with Gasteiger partial charge in [0.25, 0.3) is 5.91 Å². The van der Waals surface area contributed by atoms with Crippen LogP contribution in [0.25, 0.3) is 11.4 Å². The van der Waals surface area contributed by atoms with Crippen molar-refractivity contribution in [1.29, 1.82) is 0 Å². The van der Waals surface area contributed by atoms with Crippen molar-refractivity contribution in [2.75, 3.05) is 33.7 Å². The number of amides is 2. The number of carbonyl (C=O) groups excluding carboxylic acids is 2. The van der Waals surface area contributed by atoms with E-state index < -0.39 is 0 Å². The summed E-state index contributed by atoms with van der Waals surface area (Å²) in [6.07, 6.45) is 5.65. The zero-order valence-electron chi connectivity index (χ0n) is 15.9. The van der Waals surface area contributed by atoms with Gasteiger partial charge in [0.1, 0.15) is 5.82 Å². The molecule has 7 heteroatoms. The van der Waals surface area contributed by atoms with Gasteiger partial charge in [0, 0.05) is 50.1 Å². The van der Waals surface area contributed by atoms with Crippen LogP contribution < -0.4 is 5.32 Å². The third-order valence-corrected chi connectivity index (χ3v) is 4.93. The van der Waals surface area contributed by atoms with Gasteiger partial charge < -0.3 is 20.1 Å². The summed E-state index contributed by atoms with van der Waals surface area (Å²) in [6.45, 7) is 2.14. The number of nitrogens with zero attached hydrogens (tertiary/aromatic N) is 3. The van der Waals surface area contributed by atoms with Crippen molar-refractivity contribution < 1.29 is 9.59 Å². The lowest BCUT2D eigenvalue weighted by Gasteiger charge is -2.26. The van der Waals surface area contributed by atoms with E-state index in [1.165, 1.54) is 0 Å². The maximum Gasteiger partial charge on any atom is 0.252 e. The van der Waals surface area contributed by atoms with Gasteiger partial charge in [-0.25, -0.2) is 4.98 Å². The highest BCUT2D eigenvalue weighted by Gasteiger charge is 2.30. The van der Waals surface area contributed by atoms with Gasteiger partial charge in [0.15, 0.2) is 0 Å². The van der Waals surface area contributed by atoms with Crippen molar-refractivity contribution in [3.05, 3.63) is 42.2 Å². The zero-order chi connectivity index (χ0) is 19.2. The van der Waals surface area contributed by atoms with Crippen LogP contribution in [0.4, 0.5) is 0 Å². The summed E-state index contributed by atoms with van der Waals surface area (Å²) < 4.78 is 0. The lowest BCUT2D eigenvalue weighted by Crippen LogP contribution is -2.40. The van der Waals surface area contributed by atoms with Crippen molar-refractivity contribution in [2.45, 2.75) is 25.3 Å². The summed E-state index contributed by atoms with van der Waals surface area (Å²) in [5.74, 6) is 0.777. The van der Waals surface area contributed by atoms with E-state index in [0.29, 0.717) is 24.4 Å². The maximum atomic E-state index is 12.7. The number of imidazole rings is 1. The van der Waals surface area contributed by atoms with E-state index in [-0.39, 0.29) is 17.9 Å². The predicted octanol–water partition coefficient (Wildman–Crippen LogP) is 1.75. The van der Waals surface area contributed by atoms with Crippen LogP contribution in [0, 0.1) is 0 Å². The molecular formula is C20H27N5O2. The van der Waals surface area contributed by atoms with Gasteiger partial charge in [0.05, 0.1) is 5.56 Å². The number of aromatic nitrogens is 2. The molecule has 1 unspecified atom stereocenters. The summed E-state index contributed by atoms with van der Waals surface area (Å²) in [7, 11) is 4.01. The van der Waals surface area contributed by atoms with E-state index in [9.17, 15) is 9.59 Å². The average molecular weight is 369 g/mol. The second kappa shape index (κ2) is 8.81. The smallest absolute Gasteiger partial charge is 0.252 e. The first kappa shape index (κ1) is 19.1. The lowest BCUT2D eigenvalue weighted by atomic mass is 10.1. The van der Waals surface area contributed by atoms with E-state index in [1.54, 1.807) is 18.5 Å². The minimum atomic E-state index is -0.119. The Hall–Kier alpha value is -2.67. The summed E-state index contributed by atoms with van der Waals surface area (Å²) in [4.78, 5) is 36.1. The number of carbonyl (C=O) groups is 2. The molecule has 1 atom stereocenters. The standard InChI is InChI=1S/C20H27N5O2/c1-24(2)13-14-25-15(7-8-18(25)26)9-10-23-20(27)17-6-4-3-5-16(17)19-21-11-12-22-19/h3-6,11-12,15H,7-10,13-14H2,1-2H3,(H,21,22)(H,23,27).